The van der Waals surface area contributed by atoms with Crippen LogP contribution in [0.3, 0.4) is 0 Å². The van der Waals surface area contributed by atoms with Crippen molar-refractivity contribution in [3.8, 4) is 0 Å². The van der Waals surface area contributed by atoms with Crippen molar-refractivity contribution in [1.82, 2.24) is 19.7 Å². The summed E-state index contributed by atoms with van der Waals surface area (Å²) in [7, 11) is -3.73. The molecule has 1 heterocycles. The lowest BCUT2D eigenvalue weighted by molar-refractivity contribution is 0.378. The van der Waals surface area contributed by atoms with Crippen molar-refractivity contribution in [2.75, 3.05) is 0 Å². The Kier molecular flexibility index (Phi) is 4.92. The van der Waals surface area contributed by atoms with Crippen molar-refractivity contribution in [3.63, 3.8) is 0 Å². The molecule has 2 rings (SSSR count). The summed E-state index contributed by atoms with van der Waals surface area (Å²) in [6.07, 6.45) is 3.21. The lowest BCUT2D eigenvalue weighted by atomic mass is 10.1. The van der Waals surface area contributed by atoms with Crippen molar-refractivity contribution >= 4 is 10.0 Å². The smallest absolute Gasteiger partial charge is 0.240 e. The number of aromatic nitrogens is 3. The fourth-order valence-electron chi connectivity index (χ4n) is 1.97. The van der Waals surface area contributed by atoms with Crippen LogP contribution in [0.4, 0.5) is 4.39 Å². The quantitative estimate of drug-likeness (QED) is 0.877. The molecule has 1 aromatic carbocycles. The molecule has 0 aliphatic rings. The molecule has 1 aromatic heterocycles. The van der Waals surface area contributed by atoms with Gasteiger partial charge in [0.2, 0.25) is 10.0 Å². The minimum Gasteiger partial charge on any atom is -0.251 e. The summed E-state index contributed by atoms with van der Waals surface area (Å²) in [6.45, 7) is 5.74. The van der Waals surface area contributed by atoms with E-state index in [1.54, 1.807) is 10.9 Å². The Morgan fingerprint density at radius 1 is 1.36 bits per heavy atom. The highest BCUT2D eigenvalue weighted by atomic mass is 32.2. The number of aryl methyl sites for hydroxylation is 1. The fourth-order valence-corrected chi connectivity index (χ4v) is 3.43. The van der Waals surface area contributed by atoms with E-state index in [1.807, 2.05) is 13.8 Å². The molecule has 1 N–H and O–H groups in total. The van der Waals surface area contributed by atoms with E-state index in [1.165, 1.54) is 25.3 Å². The molecule has 8 heteroatoms. The number of nitrogens with one attached hydrogen (secondary N) is 1. The number of rotatable bonds is 6. The maximum Gasteiger partial charge on any atom is 0.240 e. The molecule has 120 valence electrons. The highest BCUT2D eigenvalue weighted by Gasteiger charge is 2.23. The summed E-state index contributed by atoms with van der Waals surface area (Å²) in [5.74, 6) is -0.373. The molecule has 0 bridgehead atoms. The van der Waals surface area contributed by atoms with E-state index in [2.05, 4.69) is 15.0 Å². The van der Waals surface area contributed by atoms with Crippen LogP contribution < -0.4 is 4.72 Å². The monoisotopic (exact) mass is 326 g/mol. The van der Waals surface area contributed by atoms with Gasteiger partial charge >= 0.3 is 0 Å². The number of nitrogens with zero attached hydrogens (tertiary/aromatic N) is 3. The van der Waals surface area contributed by atoms with Gasteiger partial charge in [-0.25, -0.2) is 17.5 Å². The van der Waals surface area contributed by atoms with Gasteiger partial charge in [-0.1, -0.05) is 19.1 Å². The first-order valence-electron chi connectivity index (χ1n) is 6.92. The second-order valence-electron chi connectivity index (χ2n) is 5.51. The molecule has 0 saturated heterocycles. The zero-order valence-electron chi connectivity index (χ0n) is 12.7. The van der Waals surface area contributed by atoms with Crippen LogP contribution in [-0.4, -0.2) is 29.5 Å². The van der Waals surface area contributed by atoms with Gasteiger partial charge in [-0.3, -0.25) is 4.68 Å². The van der Waals surface area contributed by atoms with E-state index >= 15 is 0 Å². The Hall–Kier alpha value is -1.80. The molecular weight excluding hydrogens is 307 g/mol. The highest BCUT2D eigenvalue weighted by Crippen LogP contribution is 2.16. The lowest BCUT2D eigenvalue weighted by Gasteiger charge is -2.22. The van der Waals surface area contributed by atoms with Crippen molar-refractivity contribution < 1.29 is 12.8 Å². The zero-order chi connectivity index (χ0) is 16.3. The summed E-state index contributed by atoms with van der Waals surface area (Å²) < 4.78 is 42.4. The van der Waals surface area contributed by atoms with Gasteiger partial charge < -0.3 is 0 Å². The SMILES string of the molecule is Cc1cc(S(=O)(=O)NC(Cn2ccnn2)C(C)C)ccc1F. The third-order valence-electron chi connectivity index (χ3n) is 3.41. The van der Waals surface area contributed by atoms with Crippen LogP contribution in [0, 0.1) is 18.7 Å². The molecule has 6 nitrogen and oxygen atoms in total. The average Bonchev–Trinajstić information content (AvgIpc) is 2.93. The van der Waals surface area contributed by atoms with Crippen LogP contribution >= 0.6 is 0 Å². The van der Waals surface area contributed by atoms with Crippen LogP contribution in [-0.2, 0) is 16.6 Å². The second-order valence-corrected chi connectivity index (χ2v) is 7.22. The topological polar surface area (TPSA) is 76.9 Å². The number of halogens is 1. The first kappa shape index (κ1) is 16.6. The van der Waals surface area contributed by atoms with Gasteiger partial charge in [0.15, 0.2) is 0 Å². The van der Waals surface area contributed by atoms with Gasteiger partial charge in [0, 0.05) is 12.2 Å². The Balaban J connectivity index is 2.22. The summed E-state index contributed by atoms with van der Waals surface area (Å²) in [4.78, 5) is 0.0515. The van der Waals surface area contributed by atoms with E-state index in [-0.39, 0.29) is 16.9 Å². The Morgan fingerprint density at radius 3 is 2.64 bits per heavy atom. The van der Waals surface area contributed by atoms with Crippen molar-refractivity contribution in [3.05, 3.63) is 42.0 Å². The molecule has 0 radical (unpaired) electrons. The molecule has 0 saturated carbocycles. The van der Waals surface area contributed by atoms with Crippen LogP contribution in [0.2, 0.25) is 0 Å². The summed E-state index contributed by atoms with van der Waals surface area (Å²) in [5.41, 5.74) is 0.292. The fraction of sp³-hybridized carbons (Fsp3) is 0.429. The molecule has 1 atom stereocenters. The number of benzene rings is 1. The van der Waals surface area contributed by atoms with Crippen molar-refractivity contribution in [1.29, 1.82) is 0 Å². The third kappa shape index (κ3) is 3.89. The van der Waals surface area contributed by atoms with Crippen LogP contribution in [0.1, 0.15) is 19.4 Å². The minimum absolute atomic E-state index is 0.0515. The Bertz CT molecular complexity index is 729. The lowest BCUT2D eigenvalue weighted by Crippen LogP contribution is -2.41. The van der Waals surface area contributed by atoms with Crippen molar-refractivity contribution in [2.24, 2.45) is 5.92 Å². The molecule has 0 amide bonds. The van der Waals surface area contributed by atoms with Crippen LogP contribution in [0.25, 0.3) is 0 Å². The zero-order valence-corrected chi connectivity index (χ0v) is 13.5. The molecule has 22 heavy (non-hydrogen) atoms. The maximum atomic E-state index is 13.3. The first-order valence-corrected chi connectivity index (χ1v) is 8.40. The summed E-state index contributed by atoms with van der Waals surface area (Å²) in [6, 6.07) is 3.39. The molecular formula is C14H19FN4O2S. The Labute approximate surface area is 129 Å². The predicted molar refractivity (Wildman–Crippen MR) is 80.1 cm³/mol. The standard InChI is InChI=1S/C14H19FN4O2S/c1-10(2)14(9-19-7-6-16-18-19)17-22(20,21)12-4-5-13(15)11(3)8-12/h4-8,10,14,17H,9H2,1-3H3. The molecule has 0 aliphatic carbocycles. The normalized spacial score (nSPS) is 13.5. The van der Waals surface area contributed by atoms with E-state index in [4.69, 9.17) is 0 Å². The van der Waals surface area contributed by atoms with E-state index in [9.17, 15) is 12.8 Å². The van der Waals surface area contributed by atoms with Gasteiger partial charge in [0.05, 0.1) is 17.6 Å². The summed E-state index contributed by atoms with van der Waals surface area (Å²) >= 11 is 0. The van der Waals surface area contributed by atoms with Crippen LogP contribution in [0.15, 0.2) is 35.5 Å². The number of hydrogen-bond donors (Lipinski definition) is 1. The maximum absolute atomic E-state index is 13.3. The molecule has 0 spiro atoms. The first-order chi connectivity index (χ1) is 10.3. The molecule has 2 aromatic rings. The van der Waals surface area contributed by atoms with E-state index in [0.29, 0.717) is 12.1 Å². The molecule has 0 aliphatic heterocycles. The Morgan fingerprint density at radius 2 is 2.09 bits per heavy atom. The summed E-state index contributed by atoms with van der Waals surface area (Å²) in [5, 5.41) is 7.55. The van der Waals surface area contributed by atoms with Gasteiger partial charge in [-0.05, 0) is 36.6 Å². The predicted octanol–water partition coefficient (Wildman–Crippen LogP) is 1.73. The van der Waals surface area contributed by atoms with Gasteiger partial charge in [-0.15, -0.1) is 5.10 Å². The third-order valence-corrected chi connectivity index (χ3v) is 4.89. The molecule has 1 unspecified atom stereocenters. The minimum atomic E-state index is -3.73. The average molecular weight is 326 g/mol. The highest BCUT2D eigenvalue weighted by molar-refractivity contribution is 7.89. The second kappa shape index (κ2) is 6.53. The van der Waals surface area contributed by atoms with Gasteiger partial charge in [0.25, 0.3) is 0 Å². The van der Waals surface area contributed by atoms with Crippen molar-refractivity contribution in [2.45, 2.75) is 38.3 Å². The largest absolute Gasteiger partial charge is 0.251 e. The van der Waals surface area contributed by atoms with Gasteiger partial charge in [0.1, 0.15) is 5.82 Å². The van der Waals surface area contributed by atoms with Crippen LogP contribution in [0.5, 0.6) is 0 Å². The number of sulfonamides is 1. The van der Waals surface area contributed by atoms with E-state index < -0.39 is 15.8 Å². The van der Waals surface area contributed by atoms with E-state index in [0.717, 1.165) is 6.07 Å². The number of hydrogen-bond acceptors (Lipinski definition) is 4. The molecule has 0 fully saturated rings. The van der Waals surface area contributed by atoms with Gasteiger partial charge in [-0.2, -0.15) is 0 Å².